The maximum atomic E-state index is 5.30. The van der Waals surface area contributed by atoms with Crippen LogP contribution in [0.2, 0.25) is 0 Å². The highest BCUT2D eigenvalue weighted by molar-refractivity contribution is 5.61. The third kappa shape index (κ3) is 7.42. The monoisotopic (exact) mass is 323 g/mol. The Morgan fingerprint density at radius 2 is 0.840 bits per heavy atom. The highest BCUT2D eigenvalue weighted by atomic mass is 14.9. The van der Waals surface area contributed by atoms with Crippen molar-refractivity contribution in [3.8, 4) is 24.7 Å². The number of anilines is 2. The molecule has 122 valence electrons. The molecule has 0 saturated carbocycles. The third-order valence-corrected chi connectivity index (χ3v) is 3.06. The van der Waals surface area contributed by atoms with Crippen molar-refractivity contribution in [2.45, 2.75) is 0 Å². The van der Waals surface area contributed by atoms with E-state index in [1.165, 1.54) is 0 Å². The fraction of sp³-hybridized carbons (Fsp3) is 0. The van der Waals surface area contributed by atoms with E-state index in [1.807, 2.05) is 84.9 Å². The second kappa shape index (κ2) is 11.8. The molecule has 0 heterocycles. The van der Waals surface area contributed by atoms with E-state index < -0.39 is 0 Å². The molecule has 0 bridgehead atoms. The van der Waals surface area contributed by atoms with Crippen LogP contribution in [0, 0.1) is 24.7 Å². The van der Waals surface area contributed by atoms with Gasteiger partial charge in [-0.1, -0.05) is 48.2 Å². The first kappa shape index (κ1) is 19.4. The van der Waals surface area contributed by atoms with Gasteiger partial charge in [0.05, 0.1) is 0 Å². The molecule has 0 aromatic heterocycles. The Bertz CT molecular complexity index is 719. The van der Waals surface area contributed by atoms with Crippen LogP contribution in [0.1, 0.15) is 11.1 Å². The van der Waals surface area contributed by atoms with E-state index in [0.717, 1.165) is 22.5 Å². The Balaban J connectivity index is 0.000000326. The first-order valence-corrected chi connectivity index (χ1v) is 7.72. The first-order chi connectivity index (χ1) is 12.3. The normalized spacial score (nSPS) is 8.24. The number of rotatable bonds is 2. The van der Waals surface area contributed by atoms with Gasteiger partial charge in [-0.25, -0.2) is 0 Å². The minimum Gasteiger partial charge on any atom is -0.356 e. The Hall–Kier alpha value is -3.68. The highest BCUT2D eigenvalue weighted by Gasteiger charge is 1.94. The molecule has 0 aliphatic heterocycles. The Morgan fingerprint density at radius 1 is 0.560 bits per heavy atom. The van der Waals surface area contributed by atoms with Crippen molar-refractivity contribution in [1.29, 1.82) is 0 Å². The molecule has 1 N–H and O–H groups in total. The van der Waals surface area contributed by atoms with Crippen molar-refractivity contribution in [2.75, 3.05) is 5.32 Å². The van der Waals surface area contributed by atoms with E-state index in [-0.39, 0.29) is 0 Å². The lowest BCUT2D eigenvalue weighted by Crippen LogP contribution is -1.90. The smallest absolute Gasteiger partial charge is 0.0385 e. The van der Waals surface area contributed by atoms with Crippen molar-refractivity contribution >= 4 is 11.4 Å². The number of benzene rings is 3. The highest BCUT2D eigenvalue weighted by Crippen LogP contribution is 2.17. The van der Waals surface area contributed by atoms with E-state index in [0.29, 0.717) is 0 Å². The summed E-state index contributed by atoms with van der Waals surface area (Å²) in [6.07, 6.45) is 10.6. The van der Waals surface area contributed by atoms with Gasteiger partial charge in [0.15, 0.2) is 0 Å². The predicted octanol–water partition coefficient (Wildman–Crippen LogP) is 5.88. The summed E-state index contributed by atoms with van der Waals surface area (Å²) >= 11 is 0. The van der Waals surface area contributed by atoms with Crippen LogP contribution in [-0.4, -0.2) is 0 Å². The second-order valence-corrected chi connectivity index (χ2v) is 4.72. The molecule has 0 amide bonds. The lowest BCUT2D eigenvalue weighted by molar-refractivity contribution is 1.53. The zero-order valence-corrected chi connectivity index (χ0v) is 14.2. The van der Waals surface area contributed by atoms with Crippen molar-refractivity contribution in [2.24, 2.45) is 0 Å². The van der Waals surface area contributed by atoms with Gasteiger partial charge in [-0.15, -0.1) is 26.0 Å². The SMILES string of the molecule is C#Cc1ccc(Nc2ccc(C#C)cc2)cc1.C=C.c1ccccc1. The van der Waals surface area contributed by atoms with Crippen molar-refractivity contribution in [3.63, 3.8) is 0 Å². The summed E-state index contributed by atoms with van der Waals surface area (Å²) in [6, 6.07) is 27.4. The van der Waals surface area contributed by atoms with Gasteiger partial charge in [-0.3, -0.25) is 0 Å². The third-order valence-electron chi connectivity index (χ3n) is 3.06. The fourth-order valence-electron chi connectivity index (χ4n) is 1.85. The minimum atomic E-state index is 0.873. The van der Waals surface area contributed by atoms with Crippen molar-refractivity contribution < 1.29 is 0 Å². The lowest BCUT2D eigenvalue weighted by atomic mass is 10.2. The maximum absolute atomic E-state index is 5.30. The first-order valence-electron chi connectivity index (χ1n) is 7.72. The van der Waals surface area contributed by atoms with Gasteiger partial charge in [-0.2, -0.15) is 0 Å². The number of terminal acetylenes is 2. The fourth-order valence-corrected chi connectivity index (χ4v) is 1.85. The summed E-state index contributed by atoms with van der Waals surface area (Å²) < 4.78 is 0. The van der Waals surface area contributed by atoms with Gasteiger partial charge in [0.25, 0.3) is 0 Å². The molecular formula is C24H21N. The van der Waals surface area contributed by atoms with Crippen LogP contribution in [0.5, 0.6) is 0 Å². The summed E-state index contributed by atoms with van der Waals surface area (Å²) in [4.78, 5) is 0. The van der Waals surface area contributed by atoms with Crippen LogP contribution >= 0.6 is 0 Å². The molecule has 25 heavy (non-hydrogen) atoms. The summed E-state index contributed by atoms with van der Waals surface area (Å²) in [5, 5.41) is 3.27. The molecule has 1 heteroatoms. The van der Waals surface area contributed by atoms with Gasteiger partial charge in [0.2, 0.25) is 0 Å². The van der Waals surface area contributed by atoms with Crippen LogP contribution in [0.15, 0.2) is 98.1 Å². The molecule has 0 atom stereocenters. The van der Waals surface area contributed by atoms with Gasteiger partial charge in [0, 0.05) is 22.5 Å². The van der Waals surface area contributed by atoms with Crippen LogP contribution in [0.3, 0.4) is 0 Å². The van der Waals surface area contributed by atoms with Gasteiger partial charge in [0.1, 0.15) is 0 Å². The van der Waals surface area contributed by atoms with E-state index >= 15 is 0 Å². The summed E-state index contributed by atoms with van der Waals surface area (Å²) in [6.45, 7) is 6.00. The van der Waals surface area contributed by atoms with Gasteiger partial charge >= 0.3 is 0 Å². The molecule has 0 fully saturated rings. The van der Waals surface area contributed by atoms with Crippen LogP contribution in [0.4, 0.5) is 11.4 Å². The maximum Gasteiger partial charge on any atom is 0.0385 e. The Kier molecular flexibility index (Phi) is 9.16. The summed E-state index contributed by atoms with van der Waals surface area (Å²) in [5.74, 6) is 5.17. The summed E-state index contributed by atoms with van der Waals surface area (Å²) in [7, 11) is 0. The largest absolute Gasteiger partial charge is 0.356 e. The molecule has 0 aliphatic carbocycles. The average molecular weight is 323 g/mol. The quantitative estimate of drug-likeness (QED) is 0.458. The van der Waals surface area contributed by atoms with Gasteiger partial charge in [-0.05, 0) is 48.5 Å². The standard InChI is InChI=1S/C16H11N.C6H6.C2H4/c1-3-13-5-9-15(10-6-13)17-16-11-7-14(4-2)8-12-16;1-2-4-6-5-3-1;1-2/h1-2,5-12,17H;1-6H;1-2H2. The molecule has 0 spiro atoms. The van der Waals surface area contributed by atoms with Gasteiger partial charge < -0.3 is 5.32 Å². The minimum absolute atomic E-state index is 0.873. The zero-order chi connectivity index (χ0) is 18.3. The van der Waals surface area contributed by atoms with Crippen LogP contribution in [-0.2, 0) is 0 Å². The molecule has 1 nitrogen and oxygen atoms in total. The second-order valence-electron chi connectivity index (χ2n) is 4.72. The molecule has 0 unspecified atom stereocenters. The molecule has 0 radical (unpaired) electrons. The topological polar surface area (TPSA) is 12.0 Å². The number of nitrogens with one attached hydrogen (secondary N) is 1. The Morgan fingerprint density at radius 3 is 1.08 bits per heavy atom. The lowest BCUT2D eigenvalue weighted by Gasteiger charge is -2.06. The van der Waals surface area contributed by atoms with E-state index in [2.05, 4.69) is 30.3 Å². The molecule has 3 rings (SSSR count). The molecular weight excluding hydrogens is 302 g/mol. The molecule has 3 aromatic carbocycles. The number of hydrogen-bond acceptors (Lipinski definition) is 1. The van der Waals surface area contributed by atoms with Crippen molar-refractivity contribution in [3.05, 3.63) is 109 Å². The van der Waals surface area contributed by atoms with E-state index in [4.69, 9.17) is 12.8 Å². The van der Waals surface area contributed by atoms with E-state index in [9.17, 15) is 0 Å². The molecule has 0 saturated heterocycles. The average Bonchev–Trinajstić information content (AvgIpc) is 2.72. The molecule has 3 aromatic rings. The Labute approximate surface area is 151 Å². The van der Waals surface area contributed by atoms with Crippen LogP contribution < -0.4 is 5.32 Å². The van der Waals surface area contributed by atoms with Crippen molar-refractivity contribution in [1.82, 2.24) is 0 Å². The predicted molar refractivity (Wildman–Crippen MR) is 110 cm³/mol. The zero-order valence-electron chi connectivity index (χ0n) is 14.2. The van der Waals surface area contributed by atoms with E-state index in [1.54, 1.807) is 0 Å². The number of hydrogen-bond donors (Lipinski definition) is 1. The molecule has 0 aliphatic rings. The summed E-state index contributed by atoms with van der Waals surface area (Å²) in [5.41, 5.74) is 3.74. The van der Waals surface area contributed by atoms with Crippen LogP contribution in [0.25, 0.3) is 0 Å².